The van der Waals surface area contributed by atoms with Crippen molar-refractivity contribution in [3.8, 4) is 0 Å². The van der Waals surface area contributed by atoms with Gasteiger partial charge in [0.05, 0.1) is 17.7 Å². The van der Waals surface area contributed by atoms with Crippen LogP contribution in [0, 0.1) is 5.92 Å². The average Bonchev–Trinajstić information content (AvgIpc) is 2.98. The number of carbonyl (C=O) groups is 2. The number of Topliss-reactive ketones (excluding diaryl/α,β-unsaturated/α-hetero) is 1. The third-order valence-corrected chi connectivity index (χ3v) is 4.51. The van der Waals surface area contributed by atoms with Crippen LogP contribution < -0.4 is 11.1 Å². The fourth-order valence-corrected chi connectivity index (χ4v) is 3.09. The lowest BCUT2D eigenvalue weighted by Crippen LogP contribution is -2.10. The van der Waals surface area contributed by atoms with Crippen LogP contribution in [-0.2, 0) is 4.74 Å². The summed E-state index contributed by atoms with van der Waals surface area (Å²) in [5.74, 6) is 0.0309. The molecule has 6 heteroatoms. The van der Waals surface area contributed by atoms with Gasteiger partial charge in [-0.25, -0.2) is 4.79 Å². The summed E-state index contributed by atoms with van der Waals surface area (Å²) in [6.07, 6.45) is 1.43. The molecule has 1 aliphatic carbocycles. The molecule has 19 heavy (non-hydrogen) atoms. The molecule has 0 aliphatic heterocycles. The van der Waals surface area contributed by atoms with Crippen LogP contribution in [0.3, 0.4) is 0 Å². The highest BCUT2D eigenvalue weighted by Gasteiger charge is 2.35. The quantitative estimate of drug-likeness (QED) is 0.640. The van der Waals surface area contributed by atoms with Gasteiger partial charge in [-0.1, -0.05) is 13.8 Å². The smallest absolute Gasteiger partial charge is 0.343 e. The Morgan fingerprint density at radius 3 is 2.63 bits per heavy atom. The number of nitrogen functional groups attached to an aromatic ring is 1. The van der Waals surface area contributed by atoms with Gasteiger partial charge in [0.15, 0.2) is 5.78 Å². The van der Waals surface area contributed by atoms with E-state index in [0.717, 1.165) is 6.42 Å². The number of ketones is 1. The zero-order valence-corrected chi connectivity index (χ0v) is 12.1. The fourth-order valence-electron chi connectivity index (χ4n) is 1.91. The third kappa shape index (κ3) is 2.58. The molecule has 2 unspecified atom stereocenters. The maximum Gasteiger partial charge on any atom is 0.343 e. The molecule has 2 rings (SSSR count). The molecule has 0 amide bonds. The minimum atomic E-state index is -0.500. The Balaban J connectivity index is 2.38. The van der Waals surface area contributed by atoms with Gasteiger partial charge >= 0.3 is 5.97 Å². The number of esters is 1. The largest absolute Gasteiger partial charge is 0.465 e. The van der Waals surface area contributed by atoms with Crippen LogP contribution >= 0.6 is 11.3 Å². The molecule has 1 fully saturated rings. The zero-order chi connectivity index (χ0) is 14.2. The lowest BCUT2D eigenvalue weighted by Gasteiger charge is -2.05. The van der Waals surface area contributed by atoms with E-state index >= 15 is 0 Å². The minimum absolute atomic E-state index is 0.0513. The van der Waals surface area contributed by atoms with E-state index in [0.29, 0.717) is 33.8 Å². The fraction of sp³-hybridized carbons (Fsp3) is 0.538. The Morgan fingerprint density at radius 1 is 1.53 bits per heavy atom. The number of nitrogens with one attached hydrogen (secondary N) is 1. The Hall–Kier alpha value is -1.56. The predicted octanol–water partition coefficient (Wildman–Crippen LogP) is 2.53. The number of nitrogens with two attached hydrogens (primary N) is 1. The van der Waals surface area contributed by atoms with Gasteiger partial charge in [0, 0.05) is 12.5 Å². The standard InChI is InChI=1S/C13H18N2O3S/c1-4-8(16)11-10(14)9(13(17)18-3)12(19-11)15-7-5-6(7)2/h6-7,15H,4-5,14H2,1-3H3. The Bertz CT molecular complexity index is 524. The van der Waals surface area contributed by atoms with Crippen LogP contribution in [0.25, 0.3) is 0 Å². The first-order chi connectivity index (χ1) is 8.99. The number of anilines is 2. The Morgan fingerprint density at radius 2 is 2.16 bits per heavy atom. The molecule has 1 saturated carbocycles. The molecule has 0 aromatic carbocycles. The lowest BCUT2D eigenvalue weighted by atomic mass is 10.2. The summed E-state index contributed by atoms with van der Waals surface area (Å²) in [6, 6.07) is 0.353. The number of thiophene rings is 1. The SMILES string of the molecule is CCC(=O)c1sc(NC2CC2C)c(C(=O)OC)c1N. The first-order valence-corrected chi connectivity index (χ1v) is 7.11. The Kier molecular flexibility index (Phi) is 3.80. The highest BCUT2D eigenvalue weighted by atomic mass is 32.1. The molecule has 0 saturated heterocycles. The summed E-state index contributed by atoms with van der Waals surface area (Å²) in [5.41, 5.74) is 6.47. The normalized spacial score (nSPS) is 21.0. The van der Waals surface area contributed by atoms with Gasteiger partial charge in [-0.15, -0.1) is 11.3 Å². The number of hydrogen-bond acceptors (Lipinski definition) is 6. The van der Waals surface area contributed by atoms with Crippen molar-refractivity contribution in [3.63, 3.8) is 0 Å². The van der Waals surface area contributed by atoms with Crippen LogP contribution in [-0.4, -0.2) is 24.9 Å². The highest BCUT2D eigenvalue weighted by molar-refractivity contribution is 7.19. The van der Waals surface area contributed by atoms with E-state index in [2.05, 4.69) is 12.2 Å². The van der Waals surface area contributed by atoms with Gasteiger partial charge in [0.2, 0.25) is 0 Å². The van der Waals surface area contributed by atoms with Crippen molar-refractivity contribution in [1.82, 2.24) is 0 Å². The minimum Gasteiger partial charge on any atom is -0.465 e. The summed E-state index contributed by atoms with van der Waals surface area (Å²) in [5, 5.41) is 3.92. The van der Waals surface area contributed by atoms with Gasteiger partial charge in [-0.05, 0) is 12.3 Å². The van der Waals surface area contributed by atoms with Crippen molar-refractivity contribution < 1.29 is 14.3 Å². The molecule has 2 atom stereocenters. The second kappa shape index (κ2) is 5.21. The lowest BCUT2D eigenvalue weighted by molar-refractivity contribution is 0.0603. The molecule has 104 valence electrons. The van der Waals surface area contributed by atoms with Crippen molar-refractivity contribution in [2.45, 2.75) is 32.7 Å². The van der Waals surface area contributed by atoms with E-state index in [4.69, 9.17) is 10.5 Å². The topological polar surface area (TPSA) is 81.4 Å². The summed E-state index contributed by atoms with van der Waals surface area (Å²) in [6.45, 7) is 3.90. The number of methoxy groups -OCH3 is 1. The molecule has 0 radical (unpaired) electrons. The molecule has 1 aromatic rings. The van der Waals surface area contributed by atoms with E-state index < -0.39 is 5.97 Å². The van der Waals surface area contributed by atoms with Crippen molar-refractivity contribution >= 4 is 33.8 Å². The summed E-state index contributed by atoms with van der Waals surface area (Å²) in [7, 11) is 1.31. The summed E-state index contributed by atoms with van der Waals surface area (Å²) >= 11 is 1.25. The van der Waals surface area contributed by atoms with Gasteiger partial charge in [0.1, 0.15) is 10.6 Å². The third-order valence-electron chi connectivity index (χ3n) is 3.34. The van der Waals surface area contributed by atoms with Gasteiger partial charge in [-0.2, -0.15) is 0 Å². The van der Waals surface area contributed by atoms with Crippen LogP contribution in [0.15, 0.2) is 0 Å². The van der Waals surface area contributed by atoms with Crippen molar-refractivity contribution in [1.29, 1.82) is 0 Å². The van der Waals surface area contributed by atoms with E-state index in [1.807, 2.05) is 0 Å². The number of rotatable bonds is 5. The van der Waals surface area contributed by atoms with Gasteiger partial charge in [0.25, 0.3) is 0 Å². The maximum absolute atomic E-state index is 11.8. The highest BCUT2D eigenvalue weighted by Crippen LogP contribution is 2.41. The molecule has 3 N–H and O–H groups in total. The van der Waals surface area contributed by atoms with Crippen LogP contribution in [0.1, 0.15) is 46.7 Å². The van der Waals surface area contributed by atoms with Gasteiger partial charge in [-0.3, -0.25) is 4.79 Å². The van der Waals surface area contributed by atoms with Gasteiger partial charge < -0.3 is 15.8 Å². The Labute approximate surface area is 116 Å². The van der Waals surface area contributed by atoms with E-state index in [1.54, 1.807) is 6.92 Å². The van der Waals surface area contributed by atoms with Crippen molar-refractivity contribution in [2.75, 3.05) is 18.2 Å². The molecule has 1 heterocycles. The molecular formula is C13H18N2O3S. The number of hydrogen-bond donors (Lipinski definition) is 2. The van der Waals surface area contributed by atoms with E-state index in [1.165, 1.54) is 18.4 Å². The van der Waals surface area contributed by atoms with Crippen LogP contribution in [0.5, 0.6) is 0 Å². The maximum atomic E-state index is 11.8. The van der Waals surface area contributed by atoms with Crippen molar-refractivity contribution in [3.05, 3.63) is 10.4 Å². The number of carbonyl (C=O) groups excluding carboxylic acids is 2. The monoisotopic (exact) mass is 282 g/mol. The number of ether oxygens (including phenoxy) is 1. The molecule has 5 nitrogen and oxygen atoms in total. The van der Waals surface area contributed by atoms with Crippen molar-refractivity contribution in [2.24, 2.45) is 5.92 Å². The molecule has 0 bridgehead atoms. The zero-order valence-electron chi connectivity index (χ0n) is 11.3. The second-order valence-corrected chi connectivity index (χ2v) is 5.80. The molecule has 1 aliphatic rings. The molecule has 0 spiro atoms. The second-order valence-electron chi connectivity index (χ2n) is 4.78. The van der Waals surface area contributed by atoms with E-state index in [9.17, 15) is 9.59 Å². The molecule has 1 aromatic heterocycles. The van der Waals surface area contributed by atoms with Crippen LogP contribution in [0.4, 0.5) is 10.7 Å². The first-order valence-electron chi connectivity index (χ1n) is 6.29. The first kappa shape index (κ1) is 13.9. The summed E-state index contributed by atoms with van der Waals surface area (Å²) < 4.78 is 4.75. The molecular weight excluding hydrogens is 264 g/mol. The summed E-state index contributed by atoms with van der Waals surface area (Å²) in [4.78, 5) is 24.1. The average molecular weight is 282 g/mol. The van der Waals surface area contributed by atoms with E-state index in [-0.39, 0.29) is 11.5 Å². The predicted molar refractivity (Wildman–Crippen MR) is 75.9 cm³/mol. The van der Waals surface area contributed by atoms with Crippen LogP contribution in [0.2, 0.25) is 0 Å².